The van der Waals surface area contributed by atoms with Gasteiger partial charge in [-0.15, -0.1) is 0 Å². The Morgan fingerprint density at radius 1 is 0.809 bits per heavy atom. The normalized spacial score (nSPS) is 13.6. The second-order valence-corrected chi connectivity index (χ2v) is 11.6. The molecular formula is C31H42BrN4NaO10. The minimum atomic E-state index is -0.675. The number of hydrogen-bond acceptors (Lipinski definition) is 10. The minimum Gasteiger partial charge on any atom is -1.00 e. The summed E-state index contributed by atoms with van der Waals surface area (Å²) in [5, 5.41) is 1.72. The fourth-order valence-corrected chi connectivity index (χ4v) is 5.37. The molecule has 0 amide bonds. The largest absolute Gasteiger partial charge is 1.00 e. The number of alkyl halides is 1. The summed E-state index contributed by atoms with van der Waals surface area (Å²) >= 11 is 3.38. The number of H-pyrrole nitrogens is 1. The quantitative estimate of drug-likeness (QED) is 0.183. The second kappa shape index (κ2) is 18.1. The van der Waals surface area contributed by atoms with Gasteiger partial charge in [0.1, 0.15) is 24.2 Å². The van der Waals surface area contributed by atoms with E-state index in [9.17, 15) is 28.8 Å². The van der Waals surface area contributed by atoms with E-state index in [2.05, 4.69) is 20.9 Å². The minimum absolute atomic E-state index is 0. The zero-order chi connectivity index (χ0) is 32.8. The Labute approximate surface area is 301 Å². The maximum atomic E-state index is 12.7. The molecule has 4 aromatic heterocycles. The number of methoxy groups -OCH3 is 2. The SMILES string of the molecule is BrCC1CC1.C.CCc1cc(=O)oc2c1c(=O)[nH]c(=O)n2COC.CCc1cc(=O)oc2c1c(=O)n(CC1CC1)c(=O)n2COC.[H-].[Na+]. The van der Waals surface area contributed by atoms with Gasteiger partial charge in [-0.1, -0.05) is 37.2 Å². The second-order valence-electron chi connectivity index (χ2n) is 10.9. The fourth-order valence-electron chi connectivity index (χ4n) is 4.72. The molecule has 2 aliphatic carbocycles. The number of hydrogen-bond donors (Lipinski definition) is 1. The van der Waals surface area contributed by atoms with E-state index in [1.54, 1.807) is 6.92 Å². The molecule has 0 atom stereocenters. The van der Waals surface area contributed by atoms with Crippen molar-refractivity contribution in [3.8, 4) is 0 Å². The van der Waals surface area contributed by atoms with Crippen molar-refractivity contribution in [3.05, 3.63) is 85.8 Å². The van der Waals surface area contributed by atoms with E-state index in [4.69, 9.17) is 18.3 Å². The summed E-state index contributed by atoms with van der Waals surface area (Å²) in [5.41, 5.74) is -2.25. The molecule has 0 radical (unpaired) electrons. The molecule has 0 bridgehead atoms. The Bertz CT molecular complexity index is 2040. The zero-order valence-electron chi connectivity index (χ0n) is 27.7. The van der Waals surface area contributed by atoms with E-state index in [0.29, 0.717) is 41.8 Å². The van der Waals surface area contributed by atoms with Crippen molar-refractivity contribution in [1.82, 2.24) is 18.7 Å². The molecule has 16 heteroatoms. The number of nitrogens with one attached hydrogen (secondary N) is 1. The van der Waals surface area contributed by atoms with Crippen LogP contribution < -0.4 is 63.3 Å². The van der Waals surface area contributed by atoms with Crippen LogP contribution >= 0.6 is 15.9 Å². The third-order valence-corrected chi connectivity index (χ3v) is 8.40. The van der Waals surface area contributed by atoms with Crippen molar-refractivity contribution < 1.29 is 49.3 Å². The molecule has 4 heterocycles. The van der Waals surface area contributed by atoms with Crippen molar-refractivity contribution in [3.63, 3.8) is 0 Å². The van der Waals surface area contributed by atoms with Gasteiger partial charge in [-0.2, -0.15) is 0 Å². The van der Waals surface area contributed by atoms with Gasteiger partial charge >= 0.3 is 52.2 Å². The number of aryl methyl sites for hydroxylation is 2. The molecular weight excluding hydrogens is 691 g/mol. The summed E-state index contributed by atoms with van der Waals surface area (Å²) in [4.78, 5) is 73.9. The average molecular weight is 734 g/mol. The molecule has 2 fully saturated rings. The van der Waals surface area contributed by atoms with E-state index in [1.165, 1.54) is 53.7 Å². The maximum Gasteiger partial charge on any atom is 1.00 e. The van der Waals surface area contributed by atoms with Crippen LogP contribution in [0.2, 0.25) is 0 Å². The number of aromatic nitrogens is 4. The van der Waals surface area contributed by atoms with Gasteiger partial charge in [0, 0.05) is 38.2 Å². The Hall–Kier alpha value is -2.82. The summed E-state index contributed by atoms with van der Waals surface area (Å²) in [6.45, 7) is 3.88. The van der Waals surface area contributed by atoms with Crippen molar-refractivity contribution in [2.24, 2.45) is 11.8 Å². The van der Waals surface area contributed by atoms with Crippen LogP contribution in [0.4, 0.5) is 0 Å². The van der Waals surface area contributed by atoms with Crippen molar-refractivity contribution in [1.29, 1.82) is 0 Å². The van der Waals surface area contributed by atoms with E-state index in [1.807, 2.05) is 6.92 Å². The Morgan fingerprint density at radius 3 is 1.74 bits per heavy atom. The van der Waals surface area contributed by atoms with Crippen molar-refractivity contribution in [2.75, 3.05) is 19.5 Å². The number of nitrogens with zero attached hydrogens (tertiary/aromatic N) is 3. The van der Waals surface area contributed by atoms with Gasteiger partial charge in [-0.3, -0.25) is 19.1 Å². The predicted octanol–water partition coefficient (Wildman–Crippen LogP) is 0.0459. The molecule has 0 unspecified atom stereocenters. The van der Waals surface area contributed by atoms with Crippen LogP contribution in [0.3, 0.4) is 0 Å². The van der Waals surface area contributed by atoms with Gasteiger partial charge < -0.3 is 19.7 Å². The van der Waals surface area contributed by atoms with Crippen LogP contribution in [0, 0.1) is 11.8 Å². The van der Waals surface area contributed by atoms with E-state index < -0.39 is 28.2 Å². The summed E-state index contributed by atoms with van der Waals surface area (Å²) in [5.74, 6) is 1.43. The molecule has 14 nitrogen and oxygen atoms in total. The molecule has 2 aliphatic rings. The molecule has 0 spiro atoms. The van der Waals surface area contributed by atoms with E-state index in [-0.39, 0.29) is 74.2 Å². The van der Waals surface area contributed by atoms with Gasteiger partial charge in [-0.25, -0.2) is 28.3 Å². The molecule has 0 aromatic carbocycles. The topological polar surface area (TPSA) is 178 Å². The number of halogens is 1. The Kier molecular flexibility index (Phi) is 15.5. The monoisotopic (exact) mass is 732 g/mol. The molecule has 0 aliphatic heterocycles. The number of fused-ring (bicyclic) bond motifs is 2. The van der Waals surface area contributed by atoms with Crippen LogP contribution in [0.5, 0.6) is 0 Å². The number of rotatable bonds is 9. The van der Waals surface area contributed by atoms with Gasteiger partial charge in [-0.05, 0) is 61.5 Å². The van der Waals surface area contributed by atoms with E-state index >= 15 is 0 Å². The fraction of sp³-hybridized carbons (Fsp3) is 0.548. The molecule has 254 valence electrons. The molecule has 1 N–H and O–H groups in total. The molecule has 4 aromatic rings. The van der Waals surface area contributed by atoms with Gasteiger partial charge in [0.2, 0.25) is 11.4 Å². The van der Waals surface area contributed by atoms with Crippen LogP contribution in [0.15, 0.2) is 49.7 Å². The summed E-state index contributed by atoms with van der Waals surface area (Å²) in [7, 11) is 2.83. The van der Waals surface area contributed by atoms with E-state index in [0.717, 1.165) is 23.3 Å². The molecule has 6 rings (SSSR count). The molecule has 2 saturated carbocycles. The molecule has 0 saturated heterocycles. The Morgan fingerprint density at radius 2 is 1.30 bits per heavy atom. The summed E-state index contributed by atoms with van der Waals surface area (Å²) in [6, 6.07) is 2.56. The zero-order valence-corrected chi connectivity index (χ0v) is 30.3. The van der Waals surface area contributed by atoms with Gasteiger partial charge in [0.05, 0.1) is 0 Å². The van der Waals surface area contributed by atoms with Crippen LogP contribution in [0.25, 0.3) is 22.2 Å². The smallest absolute Gasteiger partial charge is 1.00 e. The predicted molar refractivity (Wildman–Crippen MR) is 178 cm³/mol. The number of aromatic amines is 1. The first-order valence-electron chi connectivity index (χ1n) is 14.7. The first-order chi connectivity index (χ1) is 21.6. The first-order valence-corrected chi connectivity index (χ1v) is 15.8. The molecule has 47 heavy (non-hydrogen) atoms. The average Bonchev–Trinajstić information content (AvgIpc) is 3.94. The van der Waals surface area contributed by atoms with Crippen molar-refractivity contribution in [2.45, 2.75) is 79.8 Å². The van der Waals surface area contributed by atoms with Crippen LogP contribution in [0.1, 0.15) is 59.5 Å². The standard InChI is InChI=1S/C15H18N2O5.C11H12N2O5.C4H7Br.CH4.Na.H/c1-3-10-6-11(18)22-14-12(10)13(19)16(7-9-4-5-9)15(20)17(14)8-21-2;1-3-6-4-7(14)18-10-8(6)9(15)12-11(16)13(10)5-17-2;5-3-4-1-2-4;;;/h6,9H,3-5,7-8H2,1-2H3;4H,3,5H2,1-2H3,(H,12,15,16);4H,1-3H2;1H4;;/q;;;;+1;-1. The first kappa shape index (κ1) is 40.4. The third kappa shape index (κ3) is 9.63. The van der Waals surface area contributed by atoms with Crippen LogP contribution in [-0.2, 0) is 42.3 Å². The summed E-state index contributed by atoms with van der Waals surface area (Å²) in [6.07, 6.45) is 5.97. The van der Waals surface area contributed by atoms with Gasteiger partial charge in [0.25, 0.3) is 11.1 Å². The van der Waals surface area contributed by atoms with Crippen molar-refractivity contribution >= 4 is 38.1 Å². The maximum absolute atomic E-state index is 12.7. The third-order valence-electron chi connectivity index (χ3n) is 7.48. The van der Waals surface area contributed by atoms with Gasteiger partial charge in [0.15, 0.2) is 0 Å². The summed E-state index contributed by atoms with van der Waals surface area (Å²) < 4.78 is 23.5. The Balaban J connectivity index is 0.000000401. The van der Waals surface area contributed by atoms with Crippen LogP contribution in [-0.4, -0.2) is 38.2 Å². The number of ether oxygens (including phenoxy) is 2.